The molecular weight excluding hydrogens is 649 g/mol. The minimum atomic E-state index is -0.392. The van der Waals surface area contributed by atoms with Crippen molar-refractivity contribution in [2.24, 2.45) is 17.8 Å². The third-order valence-electron chi connectivity index (χ3n) is 11.4. The molecule has 3 saturated heterocycles. The predicted octanol–water partition coefficient (Wildman–Crippen LogP) is 7.77. The second-order valence-electron chi connectivity index (χ2n) is 14.6. The molecule has 0 bridgehead atoms. The normalized spacial score (nSPS) is 23.9. The van der Waals surface area contributed by atoms with Gasteiger partial charge in [0.25, 0.3) is 0 Å². The van der Waals surface area contributed by atoms with Crippen LogP contribution in [0.5, 0.6) is 11.5 Å². The second-order valence-corrected chi connectivity index (χ2v) is 14.6. The predicted molar refractivity (Wildman–Crippen MR) is 202 cm³/mol. The Bertz CT molecular complexity index is 1920. The van der Waals surface area contributed by atoms with Crippen molar-refractivity contribution in [3.8, 4) is 11.5 Å². The number of piperidine rings is 1. The van der Waals surface area contributed by atoms with Crippen LogP contribution in [-0.4, -0.2) is 65.2 Å². The van der Waals surface area contributed by atoms with Gasteiger partial charge in [0.1, 0.15) is 18.1 Å². The Morgan fingerprint density at radius 2 is 1.48 bits per heavy atom. The van der Waals surface area contributed by atoms with E-state index in [9.17, 15) is 14.7 Å². The number of aromatic hydroxyl groups is 1. The number of allylic oxidation sites excluding steroid dienone is 1. The van der Waals surface area contributed by atoms with Crippen molar-refractivity contribution < 1.29 is 24.2 Å². The molecule has 4 atom stereocenters. The number of nitrogens with zero attached hydrogens (tertiary/aromatic N) is 2. The van der Waals surface area contributed by atoms with E-state index < -0.39 is 5.92 Å². The maximum atomic E-state index is 14.4. The Morgan fingerprint density at radius 3 is 2.19 bits per heavy atom. The number of likely N-dealkylation sites (tertiary alicyclic amines) is 2. The van der Waals surface area contributed by atoms with Crippen molar-refractivity contribution in [3.63, 3.8) is 0 Å². The Morgan fingerprint density at radius 1 is 0.808 bits per heavy atom. The molecule has 4 aliphatic rings. The van der Waals surface area contributed by atoms with Gasteiger partial charge in [0.15, 0.2) is 0 Å². The number of phenols is 1. The highest BCUT2D eigenvalue weighted by Crippen LogP contribution is 2.51. The minimum absolute atomic E-state index is 0.0107. The monoisotopic (exact) mass is 694 g/mol. The quantitative estimate of drug-likeness (QED) is 0.0982. The Labute approximate surface area is 306 Å². The van der Waals surface area contributed by atoms with Gasteiger partial charge in [-0.3, -0.25) is 19.4 Å². The standard InChI is InChI=1S/C45H46N2O5/c48-37-19-16-31(17-20-37)26-34(33-12-6-2-7-13-33)18-21-41-42-35(29-51-38-14-8-3-9-15-38)27-39-43(40(42)30-52-41)45(50)47(44(39)49)36-22-24-46(25-23-36)28-32-10-4-1-5-11-32/h1-17,19-20,26,36,39-41,43,48H,18,21-25,27-30H2/b34-26-/t39-,40+,41-,43-/m1/s1. The van der Waals surface area contributed by atoms with Crippen LogP contribution in [0.15, 0.2) is 126 Å². The summed E-state index contributed by atoms with van der Waals surface area (Å²) in [4.78, 5) is 32.7. The van der Waals surface area contributed by atoms with Crippen LogP contribution in [0.1, 0.15) is 48.8 Å². The molecular formula is C45H46N2O5. The van der Waals surface area contributed by atoms with Crippen molar-refractivity contribution in [3.05, 3.63) is 143 Å². The van der Waals surface area contributed by atoms with Gasteiger partial charge < -0.3 is 14.6 Å². The lowest BCUT2D eigenvalue weighted by Gasteiger charge is -2.36. The van der Waals surface area contributed by atoms with Gasteiger partial charge >= 0.3 is 0 Å². The highest BCUT2D eigenvalue weighted by atomic mass is 16.5. The second kappa shape index (κ2) is 15.3. The van der Waals surface area contributed by atoms with Crippen molar-refractivity contribution in [1.29, 1.82) is 0 Å². The molecule has 2 amide bonds. The van der Waals surface area contributed by atoms with Crippen LogP contribution >= 0.6 is 0 Å². The van der Waals surface area contributed by atoms with E-state index in [2.05, 4.69) is 47.4 Å². The fourth-order valence-electron chi connectivity index (χ4n) is 8.86. The maximum absolute atomic E-state index is 14.4. The average Bonchev–Trinajstić information content (AvgIpc) is 3.72. The van der Waals surface area contributed by atoms with Crippen LogP contribution in [0, 0.1) is 17.8 Å². The van der Waals surface area contributed by atoms with E-state index in [1.165, 1.54) is 11.1 Å². The van der Waals surface area contributed by atoms with Gasteiger partial charge in [-0.15, -0.1) is 0 Å². The smallest absolute Gasteiger partial charge is 0.234 e. The molecule has 7 heteroatoms. The lowest BCUT2D eigenvalue weighted by atomic mass is 9.69. The number of hydrogen-bond acceptors (Lipinski definition) is 6. The molecule has 1 N–H and O–H groups in total. The van der Waals surface area contributed by atoms with Crippen LogP contribution in [-0.2, 0) is 20.9 Å². The Hall–Kier alpha value is -4.98. The molecule has 3 fully saturated rings. The molecule has 4 aromatic carbocycles. The molecule has 7 nitrogen and oxygen atoms in total. The zero-order chi connectivity index (χ0) is 35.4. The van der Waals surface area contributed by atoms with Crippen LogP contribution in [0.2, 0.25) is 0 Å². The van der Waals surface area contributed by atoms with Gasteiger partial charge in [0.05, 0.1) is 24.5 Å². The van der Waals surface area contributed by atoms with Gasteiger partial charge in [-0.2, -0.15) is 0 Å². The number of phenolic OH excluding ortho intramolecular Hbond substituents is 1. The van der Waals surface area contributed by atoms with E-state index in [4.69, 9.17) is 9.47 Å². The summed E-state index contributed by atoms with van der Waals surface area (Å²) < 4.78 is 13.0. The van der Waals surface area contributed by atoms with Gasteiger partial charge in [-0.1, -0.05) is 97.1 Å². The van der Waals surface area contributed by atoms with Crippen molar-refractivity contribution in [2.45, 2.75) is 50.8 Å². The number of carbonyl (C=O) groups excluding carboxylic acids is 2. The number of para-hydroxylation sites is 1. The molecule has 8 rings (SSSR count). The third kappa shape index (κ3) is 7.21. The number of ether oxygens (including phenoxy) is 2. The summed E-state index contributed by atoms with van der Waals surface area (Å²) in [5.41, 5.74) is 6.87. The summed E-state index contributed by atoms with van der Waals surface area (Å²) >= 11 is 0. The number of hydrogen-bond donors (Lipinski definition) is 1. The summed E-state index contributed by atoms with van der Waals surface area (Å²) in [6.07, 6.45) is 5.61. The van der Waals surface area contributed by atoms with Gasteiger partial charge in [0.2, 0.25) is 11.8 Å². The molecule has 0 radical (unpaired) electrons. The molecule has 266 valence electrons. The molecule has 0 aromatic heterocycles. The number of imide groups is 1. The molecule has 3 aliphatic heterocycles. The molecule has 52 heavy (non-hydrogen) atoms. The topological polar surface area (TPSA) is 79.3 Å². The van der Waals surface area contributed by atoms with E-state index in [-0.39, 0.29) is 41.5 Å². The van der Waals surface area contributed by atoms with Crippen LogP contribution in [0.25, 0.3) is 11.6 Å². The summed E-state index contributed by atoms with van der Waals surface area (Å²) in [5, 5.41) is 9.85. The molecule has 1 aliphatic carbocycles. The minimum Gasteiger partial charge on any atom is -0.508 e. The van der Waals surface area contributed by atoms with Crippen LogP contribution in [0.4, 0.5) is 0 Å². The first-order valence-corrected chi connectivity index (χ1v) is 18.7. The molecule has 0 spiro atoms. The Balaban J connectivity index is 1.03. The summed E-state index contributed by atoms with van der Waals surface area (Å²) in [7, 11) is 0. The molecule has 0 saturated carbocycles. The first-order valence-electron chi connectivity index (χ1n) is 18.7. The van der Waals surface area contributed by atoms with E-state index in [1.54, 1.807) is 17.0 Å². The van der Waals surface area contributed by atoms with Gasteiger partial charge in [-0.05, 0) is 89.8 Å². The first-order chi connectivity index (χ1) is 25.5. The zero-order valence-corrected chi connectivity index (χ0v) is 29.5. The van der Waals surface area contributed by atoms with Gasteiger partial charge in [-0.25, -0.2) is 0 Å². The maximum Gasteiger partial charge on any atom is 0.234 e. The van der Waals surface area contributed by atoms with Gasteiger partial charge in [0, 0.05) is 31.6 Å². The number of fused-ring (bicyclic) bond motifs is 3. The van der Waals surface area contributed by atoms with Crippen molar-refractivity contribution >= 4 is 23.5 Å². The highest BCUT2D eigenvalue weighted by molar-refractivity contribution is 6.06. The fourth-order valence-corrected chi connectivity index (χ4v) is 8.86. The molecule has 4 aromatic rings. The lowest BCUT2D eigenvalue weighted by molar-refractivity contribution is -0.144. The summed E-state index contributed by atoms with van der Waals surface area (Å²) in [6.45, 7) is 3.41. The Kier molecular flexibility index (Phi) is 10.1. The number of amides is 2. The highest BCUT2D eigenvalue weighted by Gasteiger charge is 2.58. The van der Waals surface area contributed by atoms with Crippen molar-refractivity contribution in [1.82, 2.24) is 9.80 Å². The van der Waals surface area contributed by atoms with Crippen LogP contribution in [0.3, 0.4) is 0 Å². The number of carbonyl (C=O) groups is 2. The number of benzene rings is 4. The average molecular weight is 695 g/mol. The van der Waals surface area contributed by atoms with E-state index in [0.717, 1.165) is 73.3 Å². The van der Waals surface area contributed by atoms with Crippen molar-refractivity contribution in [2.75, 3.05) is 26.3 Å². The fraction of sp³-hybridized carbons (Fsp3) is 0.333. The first kappa shape index (κ1) is 34.1. The number of rotatable bonds is 11. The lowest BCUT2D eigenvalue weighted by Crippen LogP contribution is -2.47. The largest absolute Gasteiger partial charge is 0.508 e. The van der Waals surface area contributed by atoms with E-state index in [1.807, 2.05) is 66.7 Å². The van der Waals surface area contributed by atoms with E-state index in [0.29, 0.717) is 19.6 Å². The SMILES string of the molecule is O=C1[C@@H]2[C@@H](CC(COc3ccccc3)=C3[C@@H](CC/C(=C/c4ccc(O)cc4)c4ccccc4)OC[C@@H]32)C(=O)N1C1CCN(Cc2ccccc2)CC1. The summed E-state index contributed by atoms with van der Waals surface area (Å²) in [5.74, 6) is 0.0854. The molecule has 0 unspecified atom stereocenters. The summed E-state index contributed by atoms with van der Waals surface area (Å²) in [6, 6.07) is 37.8. The van der Waals surface area contributed by atoms with Crippen LogP contribution < -0.4 is 4.74 Å². The molecule has 3 heterocycles. The third-order valence-corrected chi connectivity index (χ3v) is 11.4. The van der Waals surface area contributed by atoms with E-state index >= 15 is 0 Å². The zero-order valence-electron chi connectivity index (χ0n) is 29.5.